The quantitative estimate of drug-likeness (QED) is 0.462. The molecule has 0 aromatic heterocycles. The molecule has 1 aromatic carbocycles. The Morgan fingerprint density at radius 2 is 1.39 bits per heavy atom. The lowest BCUT2D eigenvalue weighted by atomic mass is 9.97. The van der Waals surface area contributed by atoms with E-state index in [9.17, 15) is 0 Å². The fourth-order valence-electron chi connectivity index (χ4n) is 2.46. The van der Waals surface area contributed by atoms with Crippen LogP contribution in [0.2, 0.25) is 0 Å². The molecule has 0 aliphatic rings. The first-order chi connectivity index (χ1) is 8.88. The lowest BCUT2D eigenvalue weighted by Gasteiger charge is -2.09. The van der Waals surface area contributed by atoms with Crippen LogP contribution in [0.4, 0.5) is 0 Å². The minimum absolute atomic E-state index is 1.25. The largest absolute Gasteiger partial charge is 0.0654 e. The maximum atomic E-state index is 3.24. The van der Waals surface area contributed by atoms with Gasteiger partial charge in [-0.2, -0.15) is 0 Å². The first-order valence-electron chi connectivity index (χ1n) is 7.86. The SMILES string of the molecule is CCCCCCc1c[c]ccc1CCCCCC. The van der Waals surface area contributed by atoms with Crippen molar-refractivity contribution in [3.05, 3.63) is 35.4 Å². The van der Waals surface area contributed by atoms with Gasteiger partial charge in [-0.1, -0.05) is 70.6 Å². The van der Waals surface area contributed by atoms with Crippen molar-refractivity contribution < 1.29 is 0 Å². The topological polar surface area (TPSA) is 0 Å². The predicted octanol–water partition coefficient (Wildman–Crippen LogP) is 5.73. The Labute approximate surface area is 114 Å². The second kappa shape index (κ2) is 10.2. The monoisotopic (exact) mass is 245 g/mol. The molecule has 1 radical (unpaired) electrons. The molecule has 0 heterocycles. The van der Waals surface area contributed by atoms with Gasteiger partial charge in [0.1, 0.15) is 0 Å². The van der Waals surface area contributed by atoms with E-state index >= 15 is 0 Å². The van der Waals surface area contributed by atoms with Crippen molar-refractivity contribution in [3.8, 4) is 0 Å². The first-order valence-corrected chi connectivity index (χ1v) is 7.86. The highest BCUT2D eigenvalue weighted by Crippen LogP contribution is 2.16. The minimum Gasteiger partial charge on any atom is -0.0654 e. The molecule has 101 valence electrons. The van der Waals surface area contributed by atoms with Gasteiger partial charge in [0.25, 0.3) is 0 Å². The molecule has 1 aromatic rings. The molecule has 0 N–H and O–H groups in total. The number of rotatable bonds is 10. The van der Waals surface area contributed by atoms with Crippen molar-refractivity contribution in [1.29, 1.82) is 0 Å². The summed E-state index contributed by atoms with van der Waals surface area (Å²) >= 11 is 0. The molecule has 1 rings (SSSR count). The van der Waals surface area contributed by atoms with Gasteiger partial charge in [0.05, 0.1) is 0 Å². The number of unbranched alkanes of at least 4 members (excludes halogenated alkanes) is 6. The maximum Gasteiger partial charge on any atom is -0.0181 e. The summed E-state index contributed by atoms with van der Waals surface area (Å²) in [7, 11) is 0. The Kier molecular flexibility index (Phi) is 8.63. The second-order valence-electron chi connectivity index (χ2n) is 5.32. The summed E-state index contributed by atoms with van der Waals surface area (Å²) in [6.07, 6.45) is 13.4. The van der Waals surface area contributed by atoms with Gasteiger partial charge in [-0.25, -0.2) is 0 Å². The van der Waals surface area contributed by atoms with E-state index in [1.165, 1.54) is 64.2 Å². The molecule has 0 aliphatic heterocycles. The van der Waals surface area contributed by atoms with Crippen molar-refractivity contribution in [2.24, 2.45) is 0 Å². The van der Waals surface area contributed by atoms with Crippen LogP contribution >= 0.6 is 0 Å². The molecule has 0 fully saturated rings. The molecule has 0 aliphatic carbocycles. The third kappa shape index (κ3) is 6.23. The fraction of sp³-hybridized carbons (Fsp3) is 0.667. The van der Waals surface area contributed by atoms with E-state index in [2.05, 4.69) is 38.1 Å². The van der Waals surface area contributed by atoms with Gasteiger partial charge in [0.15, 0.2) is 0 Å². The summed E-state index contributed by atoms with van der Waals surface area (Å²) in [4.78, 5) is 0. The summed E-state index contributed by atoms with van der Waals surface area (Å²) < 4.78 is 0. The summed E-state index contributed by atoms with van der Waals surface area (Å²) in [5, 5.41) is 0. The molecule has 0 saturated carbocycles. The van der Waals surface area contributed by atoms with Crippen LogP contribution < -0.4 is 0 Å². The normalized spacial score (nSPS) is 10.8. The van der Waals surface area contributed by atoms with E-state index in [0.29, 0.717) is 0 Å². The summed E-state index contributed by atoms with van der Waals surface area (Å²) in [6, 6.07) is 9.81. The van der Waals surface area contributed by atoms with Crippen LogP contribution in [0.1, 0.15) is 76.3 Å². The number of aryl methyl sites for hydroxylation is 2. The lowest BCUT2D eigenvalue weighted by molar-refractivity contribution is 0.650. The third-order valence-corrected chi connectivity index (χ3v) is 3.65. The van der Waals surface area contributed by atoms with Gasteiger partial charge in [0, 0.05) is 0 Å². The minimum atomic E-state index is 1.25. The Hall–Kier alpha value is -0.780. The number of hydrogen-bond donors (Lipinski definition) is 0. The Morgan fingerprint density at radius 3 is 2.00 bits per heavy atom. The molecule has 0 bridgehead atoms. The van der Waals surface area contributed by atoms with Gasteiger partial charge in [0.2, 0.25) is 0 Å². The zero-order chi connectivity index (χ0) is 13.1. The van der Waals surface area contributed by atoms with E-state index in [0.717, 1.165) is 0 Å². The van der Waals surface area contributed by atoms with Crippen molar-refractivity contribution in [2.75, 3.05) is 0 Å². The average Bonchev–Trinajstić information content (AvgIpc) is 2.41. The van der Waals surface area contributed by atoms with Crippen LogP contribution in [0.5, 0.6) is 0 Å². The molecule has 0 nitrogen and oxygen atoms in total. The summed E-state index contributed by atoms with van der Waals surface area (Å²) in [5.41, 5.74) is 3.12. The van der Waals surface area contributed by atoms with Crippen molar-refractivity contribution in [3.63, 3.8) is 0 Å². The number of hydrogen-bond acceptors (Lipinski definition) is 0. The van der Waals surface area contributed by atoms with E-state index in [4.69, 9.17) is 0 Å². The smallest absolute Gasteiger partial charge is 0.0181 e. The third-order valence-electron chi connectivity index (χ3n) is 3.65. The van der Waals surface area contributed by atoms with Gasteiger partial charge in [-0.15, -0.1) is 0 Å². The average molecular weight is 245 g/mol. The van der Waals surface area contributed by atoms with E-state index < -0.39 is 0 Å². The lowest BCUT2D eigenvalue weighted by Crippen LogP contribution is -1.95. The molecule has 0 saturated heterocycles. The molecule has 0 unspecified atom stereocenters. The van der Waals surface area contributed by atoms with Crippen LogP contribution in [0, 0.1) is 6.07 Å². The maximum absolute atomic E-state index is 3.24. The molecular weight excluding hydrogens is 216 g/mol. The Morgan fingerprint density at radius 1 is 0.778 bits per heavy atom. The van der Waals surface area contributed by atoms with Gasteiger partial charge < -0.3 is 0 Å². The molecule has 18 heavy (non-hydrogen) atoms. The summed E-state index contributed by atoms with van der Waals surface area (Å²) in [6.45, 7) is 4.55. The summed E-state index contributed by atoms with van der Waals surface area (Å²) in [5.74, 6) is 0. The molecule has 0 heteroatoms. The van der Waals surface area contributed by atoms with E-state index in [1.54, 1.807) is 11.1 Å². The predicted molar refractivity (Wildman–Crippen MR) is 81.0 cm³/mol. The van der Waals surface area contributed by atoms with E-state index in [-0.39, 0.29) is 0 Å². The van der Waals surface area contributed by atoms with Crippen molar-refractivity contribution >= 4 is 0 Å². The van der Waals surface area contributed by atoms with Gasteiger partial charge in [-0.05, 0) is 42.9 Å². The molecule has 0 amide bonds. The standard InChI is InChI=1S/C18H29/c1-3-5-7-9-13-17-15-11-12-16-18(17)14-10-8-6-4-2/h11,15-16H,3-10,13-14H2,1-2H3. The Bertz CT molecular complexity index is 270. The highest BCUT2D eigenvalue weighted by atomic mass is 14.1. The van der Waals surface area contributed by atoms with Gasteiger partial charge >= 0.3 is 0 Å². The van der Waals surface area contributed by atoms with Crippen LogP contribution in [-0.4, -0.2) is 0 Å². The molecular formula is C18H29. The van der Waals surface area contributed by atoms with Crippen molar-refractivity contribution in [1.82, 2.24) is 0 Å². The molecule has 0 spiro atoms. The highest BCUT2D eigenvalue weighted by Gasteiger charge is 2.01. The zero-order valence-electron chi connectivity index (χ0n) is 12.3. The van der Waals surface area contributed by atoms with Crippen molar-refractivity contribution in [2.45, 2.75) is 78.1 Å². The fourth-order valence-corrected chi connectivity index (χ4v) is 2.46. The van der Waals surface area contributed by atoms with Crippen LogP contribution in [0.15, 0.2) is 18.2 Å². The first kappa shape index (κ1) is 15.3. The van der Waals surface area contributed by atoms with Gasteiger partial charge in [-0.3, -0.25) is 0 Å². The van der Waals surface area contributed by atoms with Crippen LogP contribution in [0.3, 0.4) is 0 Å². The number of benzene rings is 1. The zero-order valence-corrected chi connectivity index (χ0v) is 12.3. The van der Waals surface area contributed by atoms with Crippen LogP contribution in [0.25, 0.3) is 0 Å². The molecule has 0 atom stereocenters. The van der Waals surface area contributed by atoms with E-state index in [1.807, 2.05) is 0 Å². The highest BCUT2D eigenvalue weighted by molar-refractivity contribution is 5.26. The Balaban J connectivity index is 2.36. The van der Waals surface area contributed by atoms with Crippen LogP contribution in [-0.2, 0) is 12.8 Å². The second-order valence-corrected chi connectivity index (χ2v) is 5.32.